The zero-order valence-electron chi connectivity index (χ0n) is 10.6. The summed E-state index contributed by atoms with van der Waals surface area (Å²) in [5.74, 6) is 0.859. The van der Waals surface area contributed by atoms with Crippen molar-refractivity contribution in [1.82, 2.24) is 0 Å². The maximum Gasteiger partial charge on any atom is 0.248 e. The molecule has 1 heterocycles. The number of unbranched alkanes of at least 4 members (excludes halogenated alkanes) is 2. The lowest BCUT2D eigenvalue weighted by Gasteiger charge is -2.26. The molecule has 4 heteroatoms. The van der Waals surface area contributed by atoms with Crippen LogP contribution in [-0.2, 0) is 0 Å². The molecule has 0 aromatic heterocycles. The summed E-state index contributed by atoms with van der Waals surface area (Å²) < 4.78 is 11.5. The van der Waals surface area contributed by atoms with E-state index in [1.54, 1.807) is 18.2 Å². The number of carbonyl (C=O) groups is 1. The largest absolute Gasteiger partial charge is 0.486 e. The van der Waals surface area contributed by atoms with Crippen LogP contribution in [0.2, 0.25) is 0 Å². The third-order valence-corrected chi connectivity index (χ3v) is 3.08. The summed E-state index contributed by atoms with van der Waals surface area (Å²) in [5.41, 5.74) is 5.67. The van der Waals surface area contributed by atoms with E-state index in [4.69, 9.17) is 15.2 Å². The standard InChI is InChI=1S/C14H19NO3/c1-2-3-4-5-11-9-17-13-8-10(14(15)16)6-7-12(13)18-11/h6-8,11H,2-5,9H2,1H3,(H2,15,16). The van der Waals surface area contributed by atoms with E-state index >= 15 is 0 Å². The summed E-state index contributed by atoms with van der Waals surface area (Å²) in [5, 5.41) is 0. The number of nitrogens with two attached hydrogens (primary N) is 1. The Balaban J connectivity index is 2.00. The first-order chi connectivity index (χ1) is 8.70. The van der Waals surface area contributed by atoms with Gasteiger partial charge in [0, 0.05) is 5.56 Å². The first-order valence-corrected chi connectivity index (χ1v) is 6.44. The smallest absolute Gasteiger partial charge is 0.248 e. The van der Waals surface area contributed by atoms with Crippen LogP contribution in [0.3, 0.4) is 0 Å². The van der Waals surface area contributed by atoms with Crippen LogP contribution < -0.4 is 15.2 Å². The summed E-state index contributed by atoms with van der Waals surface area (Å²) >= 11 is 0. The highest BCUT2D eigenvalue weighted by Crippen LogP contribution is 2.33. The number of hydrogen-bond acceptors (Lipinski definition) is 3. The predicted molar refractivity (Wildman–Crippen MR) is 69.0 cm³/mol. The number of benzene rings is 1. The number of hydrogen-bond donors (Lipinski definition) is 1. The summed E-state index contributed by atoms with van der Waals surface area (Å²) in [6.45, 7) is 2.72. The van der Waals surface area contributed by atoms with E-state index in [-0.39, 0.29) is 6.10 Å². The van der Waals surface area contributed by atoms with E-state index in [1.807, 2.05) is 0 Å². The molecule has 98 valence electrons. The lowest BCUT2D eigenvalue weighted by atomic mass is 10.1. The van der Waals surface area contributed by atoms with Crippen molar-refractivity contribution in [2.45, 2.75) is 38.7 Å². The molecular formula is C14H19NO3. The van der Waals surface area contributed by atoms with Crippen LogP contribution >= 0.6 is 0 Å². The molecule has 18 heavy (non-hydrogen) atoms. The van der Waals surface area contributed by atoms with Gasteiger partial charge in [0.25, 0.3) is 0 Å². The van der Waals surface area contributed by atoms with Gasteiger partial charge in [-0.25, -0.2) is 0 Å². The van der Waals surface area contributed by atoms with Crippen LogP contribution in [0, 0.1) is 0 Å². The first-order valence-electron chi connectivity index (χ1n) is 6.44. The molecule has 0 spiro atoms. The third-order valence-electron chi connectivity index (χ3n) is 3.08. The zero-order valence-corrected chi connectivity index (χ0v) is 10.6. The molecule has 1 aliphatic heterocycles. The molecule has 1 aromatic rings. The molecule has 0 saturated carbocycles. The summed E-state index contributed by atoms with van der Waals surface area (Å²) in [7, 11) is 0. The Morgan fingerprint density at radius 3 is 2.94 bits per heavy atom. The van der Waals surface area contributed by atoms with Crippen molar-refractivity contribution in [2.24, 2.45) is 5.73 Å². The van der Waals surface area contributed by atoms with Gasteiger partial charge in [0.2, 0.25) is 5.91 Å². The van der Waals surface area contributed by atoms with E-state index in [1.165, 1.54) is 12.8 Å². The molecule has 0 bridgehead atoms. The minimum atomic E-state index is -0.452. The zero-order chi connectivity index (χ0) is 13.0. The van der Waals surface area contributed by atoms with Crippen molar-refractivity contribution >= 4 is 5.91 Å². The number of primary amides is 1. The summed E-state index contributed by atoms with van der Waals surface area (Å²) in [6, 6.07) is 5.06. The van der Waals surface area contributed by atoms with Gasteiger partial charge in [0.1, 0.15) is 12.7 Å². The maximum atomic E-state index is 11.1. The Kier molecular flexibility index (Phi) is 4.07. The monoisotopic (exact) mass is 249 g/mol. The van der Waals surface area contributed by atoms with Crippen molar-refractivity contribution < 1.29 is 14.3 Å². The molecule has 0 fully saturated rings. The molecule has 0 aliphatic carbocycles. The fraction of sp³-hybridized carbons (Fsp3) is 0.500. The number of carbonyl (C=O) groups excluding carboxylic acids is 1. The van der Waals surface area contributed by atoms with Gasteiger partial charge in [-0.1, -0.05) is 19.8 Å². The second-order valence-corrected chi connectivity index (χ2v) is 4.57. The highest BCUT2D eigenvalue weighted by molar-refractivity contribution is 5.93. The molecule has 1 aliphatic rings. The minimum Gasteiger partial charge on any atom is -0.486 e. The Morgan fingerprint density at radius 1 is 1.39 bits per heavy atom. The summed E-state index contributed by atoms with van der Waals surface area (Å²) in [4.78, 5) is 11.1. The third kappa shape index (κ3) is 2.94. The lowest BCUT2D eigenvalue weighted by molar-refractivity contribution is 0.0826. The minimum absolute atomic E-state index is 0.114. The fourth-order valence-electron chi connectivity index (χ4n) is 2.03. The molecule has 1 aromatic carbocycles. The predicted octanol–water partition coefficient (Wildman–Crippen LogP) is 2.51. The van der Waals surface area contributed by atoms with Crippen molar-refractivity contribution in [3.63, 3.8) is 0 Å². The van der Waals surface area contributed by atoms with Gasteiger partial charge in [-0.15, -0.1) is 0 Å². The molecule has 0 saturated heterocycles. The molecular weight excluding hydrogens is 230 g/mol. The van der Waals surface area contributed by atoms with E-state index in [9.17, 15) is 4.79 Å². The number of ether oxygens (including phenoxy) is 2. The van der Waals surface area contributed by atoms with E-state index < -0.39 is 5.91 Å². The number of rotatable bonds is 5. The molecule has 4 nitrogen and oxygen atoms in total. The molecule has 0 radical (unpaired) electrons. The van der Waals surface area contributed by atoms with Crippen LogP contribution in [-0.4, -0.2) is 18.6 Å². The fourth-order valence-corrected chi connectivity index (χ4v) is 2.03. The normalized spacial score (nSPS) is 17.5. The molecule has 2 rings (SSSR count). The van der Waals surface area contributed by atoms with Gasteiger partial charge in [0.15, 0.2) is 11.5 Å². The second kappa shape index (κ2) is 5.76. The van der Waals surface area contributed by atoms with Crippen molar-refractivity contribution in [1.29, 1.82) is 0 Å². The Morgan fingerprint density at radius 2 is 2.22 bits per heavy atom. The van der Waals surface area contributed by atoms with Crippen LogP contribution in [0.5, 0.6) is 11.5 Å². The highest BCUT2D eigenvalue weighted by atomic mass is 16.6. The maximum absolute atomic E-state index is 11.1. The Hall–Kier alpha value is -1.71. The first kappa shape index (κ1) is 12.7. The average molecular weight is 249 g/mol. The number of fused-ring (bicyclic) bond motifs is 1. The van der Waals surface area contributed by atoms with Gasteiger partial charge in [-0.2, -0.15) is 0 Å². The van der Waals surface area contributed by atoms with Gasteiger partial charge in [0.05, 0.1) is 0 Å². The van der Waals surface area contributed by atoms with Crippen LogP contribution in [0.15, 0.2) is 18.2 Å². The molecule has 1 unspecified atom stereocenters. The highest BCUT2D eigenvalue weighted by Gasteiger charge is 2.21. The Labute approximate surface area is 107 Å². The summed E-state index contributed by atoms with van der Waals surface area (Å²) in [6.07, 6.45) is 4.69. The molecule has 1 amide bonds. The lowest BCUT2D eigenvalue weighted by Crippen LogP contribution is -2.29. The van der Waals surface area contributed by atoms with Gasteiger partial charge >= 0.3 is 0 Å². The van der Waals surface area contributed by atoms with E-state index in [0.29, 0.717) is 23.7 Å². The average Bonchev–Trinajstić information content (AvgIpc) is 2.38. The van der Waals surface area contributed by atoms with E-state index in [0.717, 1.165) is 12.8 Å². The number of amides is 1. The van der Waals surface area contributed by atoms with Crippen LogP contribution in [0.1, 0.15) is 43.0 Å². The van der Waals surface area contributed by atoms with Gasteiger partial charge in [-0.3, -0.25) is 4.79 Å². The molecule has 2 N–H and O–H groups in total. The van der Waals surface area contributed by atoms with Crippen molar-refractivity contribution in [3.05, 3.63) is 23.8 Å². The Bertz CT molecular complexity index is 431. The van der Waals surface area contributed by atoms with Crippen molar-refractivity contribution in [2.75, 3.05) is 6.61 Å². The van der Waals surface area contributed by atoms with Crippen LogP contribution in [0.25, 0.3) is 0 Å². The SMILES string of the molecule is CCCCCC1COc2cc(C(N)=O)ccc2O1. The van der Waals surface area contributed by atoms with Crippen molar-refractivity contribution in [3.8, 4) is 11.5 Å². The molecule has 1 atom stereocenters. The van der Waals surface area contributed by atoms with Gasteiger partial charge < -0.3 is 15.2 Å². The van der Waals surface area contributed by atoms with Crippen LogP contribution in [0.4, 0.5) is 0 Å². The van der Waals surface area contributed by atoms with E-state index in [2.05, 4.69) is 6.92 Å². The quantitative estimate of drug-likeness (QED) is 0.815. The second-order valence-electron chi connectivity index (χ2n) is 4.57. The topological polar surface area (TPSA) is 61.5 Å². The van der Waals surface area contributed by atoms with Gasteiger partial charge in [-0.05, 0) is 31.0 Å².